The maximum Gasteiger partial charge on any atom is 3.00 e. The first kappa shape index (κ1) is 56.8. The van der Waals surface area contributed by atoms with E-state index in [2.05, 4.69) is 202 Å². The third-order valence-electron chi connectivity index (χ3n) is 14.0. The van der Waals surface area contributed by atoms with Gasteiger partial charge in [-0.25, -0.2) is 9.97 Å². The fourth-order valence-electron chi connectivity index (χ4n) is 9.92. The minimum atomic E-state index is 0. The summed E-state index contributed by atoms with van der Waals surface area (Å²) >= 11 is 0. The standard InChI is InChI=1S/C64H77N8O4.Mn/c1-5-9-41-73-45-37-69-33-17-13-21-57(69)61-49-25-27-51(65-49)62(58-22-14-18-34-70(58)38-46-74-42-10-6-2)53-29-31-55(67-53)64(60-24-16-20-36-72(60)40-48-76-44-12-8-4)56-32-30-54(68-56)63(52-28-26-50(61)66-52)59-23-15-19-35-71(59)39-47-75-43-11-7-3;/h13-36H,5-12,37-48H2,1-4H3,(H,65,66,67,68);/q2*+3/p+1. The van der Waals surface area contributed by atoms with Crippen LogP contribution < -0.4 is 18.3 Å². The summed E-state index contributed by atoms with van der Waals surface area (Å²) in [5, 5.41) is 0. The van der Waals surface area contributed by atoms with Crippen molar-refractivity contribution in [2.24, 2.45) is 0 Å². The van der Waals surface area contributed by atoms with Crippen LogP contribution in [0.1, 0.15) is 102 Å². The van der Waals surface area contributed by atoms with Gasteiger partial charge in [-0.1, -0.05) is 53.4 Å². The maximum absolute atomic E-state index is 6.18. The van der Waals surface area contributed by atoms with E-state index in [9.17, 15) is 0 Å². The number of aromatic amines is 2. The molecule has 0 spiro atoms. The van der Waals surface area contributed by atoms with Gasteiger partial charge in [-0.2, -0.15) is 18.3 Å². The number of H-pyrrole nitrogens is 2. The van der Waals surface area contributed by atoms with E-state index in [1.807, 2.05) is 0 Å². The number of hydrogen-bond acceptors (Lipinski definition) is 6. The molecule has 2 aliphatic heterocycles. The molecule has 0 fully saturated rings. The molecule has 0 aromatic carbocycles. The van der Waals surface area contributed by atoms with Gasteiger partial charge in [0.15, 0.2) is 51.0 Å². The fourth-order valence-corrected chi connectivity index (χ4v) is 9.92. The zero-order valence-corrected chi connectivity index (χ0v) is 46.9. The third kappa shape index (κ3) is 14.2. The monoisotopic (exact) mass is 1080 g/mol. The van der Waals surface area contributed by atoms with Crippen LogP contribution in [0, 0.1) is 0 Å². The van der Waals surface area contributed by atoms with Crippen molar-refractivity contribution in [3.05, 3.63) is 145 Å². The van der Waals surface area contributed by atoms with E-state index in [0.717, 1.165) is 168 Å². The predicted octanol–water partition coefficient (Wildman–Crippen LogP) is 11.7. The molecular weight excluding hydrogens is 1000 g/mol. The number of nitrogens with zero attached hydrogens (tertiary/aromatic N) is 6. The first-order valence-electron chi connectivity index (χ1n) is 28.0. The zero-order valence-electron chi connectivity index (χ0n) is 45.7. The van der Waals surface area contributed by atoms with E-state index < -0.39 is 0 Å². The minimum absolute atomic E-state index is 0. The molecule has 2 aliphatic rings. The Bertz CT molecular complexity index is 2850. The Hall–Kier alpha value is -6.44. The van der Waals surface area contributed by atoms with E-state index in [0.29, 0.717) is 52.6 Å². The molecule has 12 nitrogen and oxygen atoms in total. The quantitative estimate of drug-likeness (QED) is 0.0287. The molecule has 8 bridgehead atoms. The average molecular weight is 1080 g/mol. The van der Waals surface area contributed by atoms with Crippen LogP contribution in [-0.2, 0) is 62.2 Å². The Kier molecular flexibility index (Phi) is 21.6. The summed E-state index contributed by atoms with van der Waals surface area (Å²) in [4.78, 5) is 19.4. The molecule has 7 aromatic rings. The van der Waals surface area contributed by atoms with Crippen LogP contribution in [0.2, 0.25) is 0 Å². The maximum atomic E-state index is 6.18. The number of rotatable bonds is 28. The van der Waals surface area contributed by atoms with Gasteiger partial charge in [0.25, 0.3) is 0 Å². The van der Waals surface area contributed by atoms with Crippen molar-refractivity contribution in [3.63, 3.8) is 0 Å². The van der Waals surface area contributed by atoms with Gasteiger partial charge in [0.05, 0.1) is 67.1 Å². The summed E-state index contributed by atoms with van der Waals surface area (Å²) in [6.45, 7) is 16.9. The topological polar surface area (TPSA) is 110 Å². The Morgan fingerprint density at radius 3 is 0.818 bits per heavy atom. The number of hydrogen-bond donors (Lipinski definition) is 2. The number of aromatic nitrogens is 8. The molecule has 398 valence electrons. The molecular formula is C64H78MnN8O4+7. The molecule has 0 radical (unpaired) electrons. The number of pyridine rings is 4. The van der Waals surface area contributed by atoms with E-state index >= 15 is 0 Å². The first-order valence-corrected chi connectivity index (χ1v) is 28.0. The molecule has 9 heterocycles. The van der Waals surface area contributed by atoms with Crippen molar-refractivity contribution in [2.75, 3.05) is 52.9 Å². The smallest absolute Gasteiger partial charge is 0.375 e. The Balaban J connectivity index is 0.00000784. The summed E-state index contributed by atoms with van der Waals surface area (Å²) in [6.07, 6.45) is 25.8. The molecule has 13 heteroatoms. The van der Waals surface area contributed by atoms with Crippen LogP contribution in [-0.4, -0.2) is 72.8 Å². The van der Waals surface area contributed by atoms with Crippen molar-refractivity contribution in [2.45, 2.75) is 105 Å². The molecule has 0 aliphatic carbocycles. The number of ether oxygens (including phenoxy) is 4. The summed E-state index contributed by atoms with van der Waals surface area (Å²) in [5.41, 5.74) is 15.2. The molecule has 77 heavy (non-hydrogen) atoms. The summed E-state index contributed by atoms with van der Waals surface area (Å²) < 4.78 is 33.9. The second kappa shape index (κ2) is 29.3. The van der Waals surface area contributed by atoms with Crippen molar-refractivity contribution >= 4 is 46.4 Å². The molecule has 0 saturated heterocycles. The van der Waals surface area contributed by atoms with Gasteiger partial charge >= 0.3 is 17.1 Å². The molecule has 0 unspecified atom stereocenters. The van der Waals surface area contributed by atoms with E-state index in [-0.39, 0.29) is 17.1 Å². The summed E-state index contributed by atoms with van der Waals surface area (Å²) in [6, 6.07) is 34.5. The molecule has 0 amide bonds. The van der Waals surface area contributed by atoms with Gasteiger partial charge in [0.1, 0.15) is 26.4 Å². The van der Waals surface area contributed by atoms with Crippen LogP contribution in [0.15, 0.2) is 122 Å². The Morgan fingerprint density at radius 1 is 0.338 bits per heavy atom. The number of unbranched alkanes of at least 4 members (excludes halogenated alkanes) is 4. The second-order valence-corrected chi connectivity index (χ2v) is 19.5. The molecule has 9 rings (SSSR count). The Morgan fingerprint density at radius 2 is 0.584 bits per heavy atom. The van der Waals surface area contributed by atoms with Gasteiger partial charge in [0, 0.05) is 75.0 Å². The second-order valence-electron chi connectivity index (χ2n) is 19.5. The van der Waals surface area contributed by atoms with E-state index in [4.69, 9.17) is 28.9 Å². The van der Waals surface area contributed by atoms with E-state index in [1.165, 1.54) is 0 Å². The van der Waals surface area contributed by atoms with Gasteiger partial charge in [0.2, 0.25) is 22.8 Å². The molecule has 0 saturated carbocycles. The van der Waals surface area contributed by atoms with Gasteiger partial charge in [-0.05, 0) is 98.5 Å². The SMILES string of the molecule is CCCCOCC[n+]1ccccc1-c1c2nc(c(-c3cccc[n+]3CCOCCCC)c3ccc([nH]3)c(-c3cccc[n+]3CCOCCCC)c3nc(c(-c4cccc[n+]4CCOCCCC)c4ccc1[nH]4)C=C3)C=C2.[Mn+3]. The van der Waals surface area contributed by atoms with Crippen molar-refractivity contribution in [3.8, 4) is 45.0 Å². The van der Waals surface area contributed by atoms with Crippen LogP contribution in [0.4, 0.5) is 0 Å². The Labute approximate surface area is 466 Å². The van der Waals surface area contributed by atoms with Crippen LogP contribution in [0.25, 0.3) is 91.4 Å². The third-order valence-corrected chi connectivity index (χ3v) is 14.0. The number of fused-ring (bicyclic) bond motifs is 8. The largest absolute Gasteiger partial charge is 3.00 e. The first-order chi connectivity index (χ1) is 37.6. The molecule has 2 N–H and O–H groups in total. The van der Waals surface area contributed by atoms with E-state index in [1.54, 1.807) is 0 Å². The zero-order chi connectivity index (χ0) is 52.3. The minimum Gasteiger partial charge on any atom is -0.375 e. The summed E-state index contributed by atoms with van der Waals surface area (Å²) in [5.74, 6) is 0. The average Bonchev–Trinajstić information content (AvgIpc) is 4.33. The van der Waals surface area contributed by atoms with Gasteiger partial charge in [-0.15, -0.1) is 0 Å². The van der Waals surface area contributed by atoms with Crippen molar-refractivity contribution in [1.29, 1.82) is 0 Å². The molecule has 7 aromatic heterocycles. The fraction of sp³-hybridized carbons (Fsp3) is 0.375. The normalized spacial score (nSPS) is 11.9. The van der Waals surface area contributed by atoms with Crippen LogP contribution >= 0.6 is 0 Å². The van der Waals surface area contributed by atoms with Crippen molar-refractivity contribution < 1.29 is 54.3 Å². The van der Waals surface area contributed by atoms with Crippen LogP contribution in [0.5, 0.6) is 0 Å². The summed E-state index contributed by atoms with van der Waals surface area (Å²) in [7, 11) is 0. The molecule has 0 atom stereocenters. The van der Waals surface area contributed by atoms with Gasteiger partial charge in [-0.3, -0.25) is 0 Å². The van der Waals surface area contributed by atoms with Gasteiger partial charge < -0.3 is 28.9 Å². The number of nitrogens with one attached hydrogen (secondary N) is 2. The predicted molar refractivity (Wildman–Crippen MR) is 304 cm³/mol. The van der Waals surface area contributed by atoms with Crippen molar-refractivity contribution in [1.82, 2.24) is 19.9 Å². The van der Waals surface area contributed by atoms with Crippen LogP contribution in [0.3, 0.4) is 0 Å².